The minimum absolute atomic E-state index is 0.0177. The summed E-state index contributed by atoms with van der Waals surface area (Å²) in [5, 5.41) is 39.0. The third-order valence-corrected chi connectivity index (χ3v) is 8.50. The summed E-state index contributed by atoms with van der Waals surface area (Å²) in [5.41, 5.74) is 6.81. The molecule has 3 unspecified atom stereocenters. The lowest BCUT2D eigenvalue weighted by molar-refractivity contribution is -0.127. The maximum atomic E-state index is 13.7. The average Bonchev–Trinajstić information content (AvgIpc) is 3.39. The number of phenols is 1. The Bertz CT molecular complexity index is 1680. The lowest BCUT2D eigenvalue weighted by Gasteiger charge is -2.41. The molecule has 1 fully saturated rings. The van der Waals surface area contributed by atoms with Gasteiger partial charge in [-0.05, 0) is 48.4 Å². The number of anilines is 2. The van der Waals surface area contributed by atoms with Crippen molar-refractivity contribution in [2.24, 2.45) is 23.5 Å². The van der Waals surface area contributed by atoms with Gasteiger partial charge in [-0.3, -0.25) is 14.4 Å². The van der Waals surface area contributed by atoms with Gasteiger partial charge in [-0.25, -0.2) is 4.79 Å². The molecule has 3 amide bonds. The minimum Gasteiger partial charge on any atom is -0.511 e. The summed E-state index contributed by atoms with van der Waals surface area (Å²) in [6.07, 6.45) is 0.458. The molecule has 4 aliphatic rings. The van der Waals surface area contributed by atoms with Gasteiger partial charge in [0.2, 0.25) is 6.79 Å². The summed E-state index contributed by atoms with van der Waals surface area (Å²) in [6.45, 7) is -0.0199. The Morgan fingerprint density at radius 3 is 2.53 bits per heavy atom. The van der Waals surface area contributed by atoms with Crippen molar-refractivity contribution in [1.82, 2.24) is 5.32 Å². The number of primary amides is 1. The van der Waals surface area contributed by atoms with Crippen LogP contribution < -0.4 is 30.7 Å². The molecule has 3 atom stereocenters. The molecule has 13 nitrogen and oxygen atoms in total. The zero-order valence-corrected chi connectivity index (χ0v) is 23.4. The van der Waals surface area contributed by atoms with E-state index < -0.39 is 58.3 Å². The minimum atomic E-state index is -1.20. The van der Waals surface area contributed by atoms with Crippen molar-refractivity contribution in [2.75, 3.05) is 31.1 Å². The fourth-order valence-corrected chi connectivity index (χ4v) is 6.60. The number of fused-ring (bicyclic) bond motifs is 4. The van der Waals surface area contributed by atoms with E-state index in [0.29, 0.717) is 34.9 Å². The van der Waals surface area contributed by atoms with E-state index in [1.165, 1.54) is 0 Å². The van der Waals surface area contributed by atoms with Crippen molar-refractivity contribution >= 4 is 40.6 Å². The normalized spacial score (nSPS) is 22.0. The molecule has 2 aromatic carbocycles. The molecule has 0 saturated heterocycles. The van der Waals surface area contributed by atoms with Crippen molar-refractivity contribution < 1.29 is 44.0 Å². The van der Waals surface area contributed by atoms with Crippen LogP contribution in [0, 0.1) is 17.8 Å². The number of nitrogens with two attached hydrogens (primary N) is 1. The number of allylic oxidation sites excluding steroid dienone is 2. The van der Waals surface area contributed by atoms with Crippen LogP contribution in [0.25, 0.3) is 5.76 Å². The predicted molar refractivity (Wildman–Crippen MR) is 153 cm³/mol. The van der Waals surface area contributed by atoms with Crippen LogP contribution in [0.15, 0.2) is 41.2 Å². The van der Waals surface area contributed by atoms with Gasteiger partial charge < -0.3 is 46.1 Å². The molecular formula is C30H30N4O9. The number of hydrogen-bond donors (Lipinski definition) is 6. The largest absolute Gasteiger partial charge is 0.511 e. The Morgan fingerprint density at radius 2 is 1.81 bits per heavy atom. The van der Waals surface area contributed by atoms with E-state index in [-0.39, 0.29) is 48.6 Å². The van der Waals surface area contributed by atoms with Gasteiger partial charge in [-0.1, -0.05) is 0 Å². The van der Waals surface area contributed by atoms with Gasteiger partial charge in [-0.2, -0.15) is 0 Å². The number of urea groups is 1. The first-order valence-electron chi connectivity index (χ1n) is 13.7. The molecule has 0 aromatic heterocycles. The van der Waals surface area contributed by atoms with Gasteiger partial charge in [0.1, 0.15) is 22.8 Å². The van der Waals surface area contributed by atoms with Gasteiger partial charge in [0, 0.05) is 55.6 Å². The van der Waals surface area contributed by atoms with E-state index >= 15 is 0 Å². The number of aliphatic hydroxyl groups excluding tert-OH is 2. The number of Topliss-reactive ketones (excluding diaryl/α,β-unsaturated/α-hetero) is 2. The average molecular weight is 591 g/mol. The molecule has 0 radical (unpaired) electrons. The molecule has 13 heteroatoms. The highest BCUT2D eigenvalue weighted by Crippen LogP contribution is 2.52. The molecule has 6 rings (SSSR count). The molecule has 224 valence electrons. The summed E-state index contributed by atoms with van der Waals surface area (Å²) < 4.78 is 10.6. The molecule has 43 heavy (non-hydrogen) atoms. The Hall–Kier alpha value is -5.20. The number of rotatable bonds is 5. The predicted octanol–water partition coefficient (Wildman–Crippen LogP) is 2.43. The lowest BCUT2D eigenvalue weighted by atomic mass is 9.61. The number of aliphatic hydroxyl groups is 2. The molecular weight excluding hydrogens is 560 g/mol. The SMILES string of the molecule is CN(C)c1cc(CNC(=O)Nc2ccc3c(c2)OCO3)c(O)c2c1CC1CC3CC(=O)C(C(N)=O)=C(O)C3C(=O)C1=C2O. The smallest absolute Gasteiger partial charge is 0.319 e. The van der Waals surface area contributed by atoms with Crippen molar-refractivity contribution in [1.29, 1.82) is 0 Å². The standard InChI is InChI=1S/C30H30N4O9/c1-34(2)17-7-14(10-32-30(41)33-15-3-4-19-20(9-15)43-11-42-19)25(36)23-16(17)6-12-5-13-8-18(35)24(29(31)40)28(39)22(13)26(37)21(12)27(23)38/h3-4,7,9,12-13,22,36,38-39H,5-6,8,10-11H2,1-2H3,(H2,31,40)(H2,32,33,41). The molecule has 3 aliphatic carbocycles. The van der Waals surface area contributed by atoms with Gasteiger partial charge in [0.05, 0.1) is 11.5 Å². The van der Waals surface area contributed by atoms with Crippen LogP contribution in [0.1, 0.15) is 29.5 Å². The quantitative estimate of drug-likeness (QED) is 0.281. The summed E-state index contributed by atoms with van der Waals surface area (Å²) in [4.78, 5) is 52.6. The number of amides is 3. The molecule has 7 N–H and O–H groups in total. The highest BCUT2D eigenvalue weighted by Gasteiger charge is 2.51. The highest BCUT2D eigenvalue weighted by molar-refractivity contribution is 6.21. The highest BCUT2D eigenvalue weighted by atomic mass is 16.7. The lowest BCUT2D eigenvalue weighted by Crippen LogP contribution is -2.44. The number of phenolic OH excluding ortho intramolecular Hbond substituents is 1. The maximum absolute atomic E-state index is 13.7. The van der Waals surface area contributed by atoms with E-state index in [2.05, 4.69) is 10.6 Å². The Kier molecular flexibility index (Phi) is 6.67. The number of carbonyl (C=O) groups is 4. The van der Waals surface area contributed by atoms with Crippen molar-refractivity contribution in [2.45, 2.75) is 25.8 Å². The topological polar surface area (TPSA) is 201 Å². The summed E-state index contributed by atoms with van der Waals surface area (Å²) in [5.74, 6) is -4.93. The van der Waals surface area contributed by atoms with Gasteiger partial charge in [0.25, 0.3) is 5.91 Å². The number of hydrogen-bond acceptors (Lipinski definition) is 10. The van der Waals surface area contributed by atoms with Gasteiger partial charge >= 0.3 is 6.03 Å². The zero-order valence-electron chi connectivity index (χ0n) is 23.4. The van der Waals surface area contributed by atoms with Gasteiger partial charge in [-0.15, -0.1) is 0 Å². The fraction of sp³-hybridized carbons (Fsp3) is 0.333. The Morgan fingerprint density at radius 1 is 1.07 bits per heavy atom. The number of carbonyl (C=O) groups excluding carboxylic acids is 4. The van der Waals surface area contributed by atoms with Crippen LogP contribution in [0.5, 0.6) is 17.2 Å². The van der Waals surface area contributed by atoms with Gasteiger partial charge in [0.15, 0.2) is 23.1 Å². The number of nitrogens with zero attached hydrogens (tertiary/aromatic N) is 1. The molecule has 1 heterocycles. The van der Waals surface area contributed by atoms with Crippen molar-refractivity contribution in [3.05, 3.63) is 57.9 Å². The van der Waals surface area contributed by atoms with Crippen LogP contribution >= 0.6 is 0 Å². The van der Waals surface area contributed by atoms with E-state index in [1.807, 2.05) is 0 Å². The van der Waals surface area contributed by atoms with E-state index in [4.69, 9.17) is 15.2 Å². The zero-order chi connectivity index (χ0) is 30.7. The Balaban J connectivity index is 1.32. The van der Waals surface area contributed by atoms with Crippen LogP contribution in [0.4, 0.5) is 16.2 Å². The summed E-state index contributed by atoms with van der Waals surface area (Å²) >= 11 is 0. The third kappa shape index (κ3) is 4.57. The van der Waals surface area contributed by atoms with Crippen LogP contribution in [-0.4, -0.2) is 59.7 Å². The first kappa shape index (κ1) is 27.9. The Labute approximate surface area is 245 Å². The van der Waals surface area contributed by atoms with E-state index in [9.17, 15) is 34.5 Å². The number of ether oxygens (including phenoxy) is 2. The number of aromatic hydroxyl groups is 1. The number of ketones is 2. The van der Waals surface area contributed by atoms with Crippen LogP contribution in [-0.2, 0) is 27.3 Å². The monoisotopic (exact) mass is 590 g/mol. The molecule has 0 bridgehead atoms. The molecule has 1 aliphatic heterocycles. The summed E-state index contributed by atoms with van der Waals surface area (Å²) in [7, 11) is 3.59. The van der Waals surface area contributed by atoms with Crippen LogP contribution in [0.2, 0.25) is 0 Å². The fourth-order valence-electron chi connectivity index (χ4n) is 6.60. The molecule has 2 aromatic rings. The number of nitrogens with one attached hydrogen (secondary N) is 2. The molecule has 1 saturated carbocycles. The second kappa shape index (κ2) is 10.3. The second-order valence-corrected chi connectivity index (χ2v) is 11.3. The molecule has 0 spiro atoms. The van der Waals surface area contributed by atoms with E-state index in [0.717, 1.165) is 0 Å². The first-order chi connectivity index (χ1) is 20.5. The van der Waals surface area contributed by atoms with Crippen LogP contribution in [0.3, 0.4) is 0 Å². The second-order valence-electron chi connectivity index (χ2n) is 11.3. The van der Waals surface area contributed by atoms with Crippen molar-refractivity contribution in [3.63, 3.8) is 0 Å². The maximum Gasteiger partial charge on any atom is 0.319 e. The van der Waals surface area contributed by atoms with E-state index in [1.54, 1.807) is 43.3 Å². The summed E-state index contributed by atoms with van der Waals surface area (Å²) in [6, 6.07) is 6.10. The third-order valence-electron chi connectivity index (χ3n) is 8.50. The first-order valence-corrected chi connectivity index (χ1v) is 13.7. The van der Waals surface area contributed by atoms with Crippen molar-refractivity contribution in [3.8, 4) is 17.2 Å². The number of benzene rings is 2.